The van der Waals surface area contributed by atoms with Gasteiger partial charge >= 0.3 is 11.9 Å². The average Bonchev–Trinajstić information content (AvgIpc) is 3.79. The van der Waals surface area contributed by atoms with Crippen LogP contribution in [-0.2, 0) is 19.2 Å². The molecule has 2 aliphatic rings. The molecule has 4 aromatic rings. The number of fused-ring (bicyclic) bond motifs is 2. The first kappa shape index (κ1) is 46.7. The zero-order chi connectivity index (χ0) is 44.2. The average molecular weight is 849 g/mol. The highest BCUT2D eigenvalue weighted by Gasteiger charge is 2.46. The number of hydrogen-bond donors (Lipinski definition) is 4. The minimum Gasteiger partial charge on any atom is -0.426 e. The first-order valence-electron chi connectivity index (χ1n) is 23.3. The Labute approximate surface area is 367 Å². The fourth-order valence-electron chi connectivity index (χ4n) is 10.1. The van der Waals surface area contributed by atoms with Crippen molar-refractivity contribution in [2.75, 3.05) is 13.2 Å². The molecule has 0 saturated carbocycles. The Morgan fingerprint density at radius 3 is 1.15 bits per heavy atom. The molecule has 0 bridgehead atoms. The van der Waals surface area contributed by atoms with Crippen molar-refractivity contribution in [1.82, 2.24) is 10.6 Å². The van der Waals surface area contributed by atoms with Crippen molar-refractivity contribution in [3.8, 4) is 11.5 Å². The zero-order valence-electron chi connectivity index (χ0n) is 37.2. The highest BCUT2D eigenvalue weighted by molar-refractivity contribution is 5.96. The van der Waals surface area contributed by atoms with Crippen LogP contribution in [0.4, 0.5) is 0 Å². The quantitative estimate of drug-likeness (QED) is 0.0327. The molecule has 0 spiro atoms. The lowest BCUT2D eigenvalue weighted by molar-refractivity contribution is -0.135. The Morgan fingerprint density at radius 1 is 0.500 bits per heavy atom. The molecule has 4 N–H and O–H groups in total. The molecule has 2 aliphatic heterocycles. The van der Waals surface area contributed by atoms with Gasteiger partial charge in [0.1, 0.15) is 11.5 Å². The van der Waals surface area contributed by atoms with E-state index in [0.29, 0.717) is 24.3 Å². The molecule has 4 aromatic carbocycles. The molecule has 62 heavy (non-hydrogen) atoms. The number of aliphatic hydroxyl groups excluding tert-OH is 2. The number of ether oxygens (including phenoxy) is 2. The van der Waals surface area contributed by atoms with Crippen LogP contribution < -0.4 is 20.1 Å². The summed E-state index contributed by atoms with van der Waals surface area (Å²) in [5, 5.41) is 29.7. The molecule has 0 aliphatic carbocycles. The summed E-state index contributed by atoms with van der Waals surface area (Å²) in [5.41, 5.74) is 1.97. The van der Waals surface area contributed by atoms with Crippen LogP contribution in [0.5, 0.6) is 11.5 Å². The summed E-state index contributed by atoms with van der Waals surface area (Å²) in [6.45, 7) is 7.87. The van der Waals surface area contributed by atoms with Crippen molar-refractivity contribution in [3.05, 3.63) is 83.9 Å². The van der Waals surface area contributed by atoms with Crippen LogP contribution in [0.3, 0.4) is 0 Å². The van der Waals surface area contributed by atoms with E-state index in [1.165, 1.54) is 25.7 Å². The molecule has 2 fully saturated rings. The molecule has 6 atom stereocenters. The Hall–Kier alpha value is -4.80. The molecule has 2 heterocycles. The third kappa shape index (κ3) is 11.2. The number of unbranched alkanes of at least 4 members (excludes halogenated alkanes) is 11. The number of esters is 2. The van der Waals surface area contributed by atoms with E-state index in [2.05, 4.69) is 10.6 Å². The Morgan fingerprint density at radius 2 is 0.823 bits per heavy atom. The summed E-state index contributed by atoms with van der Waals surface area (Å²) < 4.78 is 11.8. The van der Waals surface area contributed by atoms with Crippen LogP contribution in [0.15, 0.2) is 72.8 Å². The molecule has 0 radical (unpaired) electrons. The Kier molecular flexibility index (Phi) is 17.0. The minimum absolute atomic E-state index is 0.0300. The van der Waals surface area contributed by atoms with Crippen molar-refractivity contribution < 1.29 is 38.9 Å². The fourth-order valence-corrected chi connectivity index (χ4v) is 10.1. The Balaban J connectivity index is 0.827. The molecule has 2 amide bonds. The van der Waals surface area contributed by atoms with Gasteiger partial charge in [0.25, 0.3) is 0 Å². The predicted octanol–water partition coefficient (Wildman–Crippen LogP) is 9.66. The third-order valence-corrected chi connectivity index (χ3v) is 13.2. The number of carbonyl (C=O) groups excluding carboxylic acids is 4. The summed E-state index contributed by atoms with van der Waals surface area (Å²) >= 11 is 0. The van der Waals surface area contributed by atoms with E-state index in [1.54, 1.807) is 0 Å². The lowest BCUT2D eigenvalue weighted by Crippen LogP contribution is -2.31. The van der Waals surface area contributed by atoms with Crippen LogP contribution in [0.2, 0.25) is 0 Å². The SMILES string of the molecule is CC(C)[C@H]1C(=O)N[C@H](CO)C1c1ccc(OC(=O)CCCCCCCCCCCCCCC(=O)Oc2ccc([C@H]3[C@@H](C(C)C)C(=O)N[C@@H]3CO)c3ccccc23)c2ccccc12. The van der Waals surface area contributed by atoms with Gasteiger partial charge in [0.15, 0.2) is 0 Å². The molecule has 0 aromatic heterocycles. The van der Waals surface area contributed by atoms with Gasteiger partial charge in [-0.3, -0.25) is 19.2 Å². The maximum atomic E-state index is 12.9. The van der Waals surface area contributed by atoms with Crippen molar-refractivity contribution in [3.63, 3.8) is 0 Å². The molecular weight excluding hydrogens is 781 g/mol. The lowest BCUT2D eigenvalue weighted by Gasteiger charge is -2.26. The Bertz CT molecular complexity index is 2000. The van der Waals surface area contributed by atoms with Crippen LogP contribution in [0.25, 0.3) is 21.5 Å². The van der Waals surface area contributed by atoms with Gasteiger partial charge in [0, 0.05) is 47.3 Å². The summed E-state index contributed by atoms with van der Waals surface area (Å²) in [5.74, 6) is -0.0940. The molecule has 2 saturated heterocycles. The normalized spacial score (nSPS) is 21.2. The summed E-state index contributed by atoms with van der Waals surface area (Å²) in [6, 6.07) is 22.5. The standard InChI is InChI=1S/C52H68N2O8/c1-33(2)47-49(41(31-55)53-51(47)59)39-27-29-43(37-23-19-17-21-35(37)39)61-45(57)25-15-13-11-9-7-5-6-8-10-12-14-16-26-46(58)62-44-30-28-40(36-22-18-20-24-38(36)44)50-42(32-56)54-52(60)48(50)34(3)4/h17-24,27-30,33-34,41-42,47-50,55-56H,5-16,25-26,31-32H2,1-4H3,(H,53,59)(H,54,60)/t41-,42-,47-,48-,49-,50?/m1/s1. The van der Waals surface area contributed by atoms with Gasteiger partial charge in [0.2, 0.25) is 11.8 Å². The van der Waals surface area contributed by atoms with E-state index in [4.69, 9.17) is 9.47 Å². The van der Waals surface area contributed by atoms with Gasteiger partial charge < -0.3 is 30.3 Å². The van der Waals surface area contributed by atoms with Crippen LogP contribution >= 0.6 is 0 Å². The number of carbonyl (C=O) groups is 4. The second-order valence-corrected chi connectivity index (χ2v) is 18.3. The maximum Gasteiger partial charge on any atom is 0.311 e. The maximum absolute atomic E-state index is 12.9. The van der Waals surface area contributed by atoms with Crippen molar-refractivity contribution in [2.45, 2.75) is 142 Å². The number of rotatable bonds is 23. The highest BCUT2D eigenvalue weighted by Crippen LogP contribution is 2.44. The van der Waals surface area contributed by atoms with E-state index in [-0.39, 0.29) is 84.6 Å². The van der Waals surface area contributed by atoms with E-state index < -0.39 is 0 Å². The van der Waals surface area contributed by atoms with Gasteiger partial charge in [-0.25, -0.2) is 0 Å². The molecular formula is C52H68N2O8. The highest BCUT2D eigenvalue weighted by atomic mass is 16.5. The minimum atomic E-state index is -0.355. The lowest BCUT2D eigenvalue weighted by atomic mass is 9.77. The monoisotopic (exact) mass is 848 g/mol. The molecule has 334 valence electrons. The molecule has 6 rings (SSSR count). The van der Waals surface area contributed by atoms with Gasteiger partial charge in [-0.1, -0.05) is 153 Å². The van der Waals surface area contributed by atoms with E-state index in [9.17, 15) is 29.4 Å². The number of hydrogen-bond acceptors (Lipinski definition) is 8. The van der Waals surface area contributed by atoms with Gasteiger partial charge in [-0.05, 0) is 58.7 Å². The molecule has 10 heteroatoms. The first-order valence-corrected chi connectivity index (χ1v) is 23.3. The van der Waals surface area contributed by atoms with E-state index in [1.807, 2.05) is 100 Å². The second kappa shape index (κ2) is 22.5. The second-order valence-electron chi connectivity index (χ2n) is 18.3. The predicted molar refractivity (Wildman–Crippen MR) is 244 cm³/mol. The number of amides is 2. The van der Waals surface area contributed by atoms with E-state index in [0.717, 1.165) is 84.0 Å². The summed E-state index contributed by atoms with van der Waals surface area (Å²) in [7, 11) is 0. The topological polar surface area (TPSA) is 151 Å². The van der Waals surface area contributed by atoms with Crippen molar-refractivity contribution >= 4 is 45.3 Å². The number of aliphatic hydroxyl groups is 2. The van der Waals surface area contributed by atoms with Crippen molar-refractivity contribution in [2.24, 2.45) is 23.7 Å². The van der Waals surface area contributed by atoms with Gasteiger partial charge in [0.05, 0.1) is 25.3 Å². The summed E-state index contributed by atoms with van der Waals surface area (Å²) in [6.07, 6.45) is 13.6. The van der Waals surface area contributed by atoms with Crippen LogP contribution in [0.1, 0.15) is 141 Å². The zero-order valence-corrected chi connectivity index (χ0v) is 37.2. The van der Waals surface area contributed by atoms with Gasteiger partial charge in [-0.2, -0.15) is 0 Å². The first-order chi connectivity index (χ1) is 30.0. The van der Waals surface area contributed by atoms with E-state index >= 15 is 0 Å². The fraction of sp³-hybridized carbons (Fsp3) is 0.538. The summed E-state index contributed by atoms with van der Waals surface area (Å²) in [4.78, 5) is 51.4. The smallest absolute Gasteiger partial charge is 0.311 e. The van der Waals surface area contributed by atoms with Crippen molar-refractivity contribution in [1.29, 1.82) is 0 Å². The van der Waals surface area contributed by atoms with Crippen LogP contribution in [-0.4, -0.2) is 59.3 Å². The third-order valence-electron chi connectivity index (χ3n) is 13.2. The van der Waals surface area contributed by atoms with Gasteiger partial charge in [-0.15, -0.1) is 0 Å². The number of nitrogens with one attached hydrogen (secondary N) is 2. The molecule has 10 nitrogen and oxygen atoms in total. The number of benzene rings is 4. The molecule has 1 unspecified atom stereocenters. The van der Waals surface area contributed by atoms with Crippen LogP contribution in [0, 0.1) is 23.7 Å². The largest absolute Gasteiger partial charge is 0.426 e.